The molecule has 1 aromatic heterocycles. The van der Waals surface area contributed by atoms with Crippen LogP contribution >= 0.6 is 0 Å². The number of pyridine rings is 1. The minimum atomic E-state index is -0.513. The van der Waals surface area contributed by atoms with Crippen LogP contribution < -0.4 is 15.6 Å². The normalized spacial score (nSPS) is 11.7. The molecule has 0 aliphatic carbocycles. The third kappa shape index (κ3) is 3.89. The number of amides is 2. The Kier molecular flexibility index (Phi) is 4.66. The maximum atomic E-state index is 12.1. The molecule has 108 valence electrons. The molecule has 1 heterocycles. The van der Waals surface area contributed by atoms with Gasteiger partial charge in [0.2, 0.25) is 6.04 Å². The summed E-state index contributed by atoms with van der Waals surface area (Å²) in [5.74, 6) is -0.633. The molecule has 0 aliphatic heterocycles. The van der Waals surface area contributed by atoms with Crippen LogP contribution in [0.1, 0.15) is 28.9 Å². The van der Waals surface area contributed by atoms with Crippen LogP contribution in [0.15, 0.2) is 54.9 Å². The summed E-state index contributed by atoms with van der Waals surface area (Å²) in [6, 6.07) is 12.6. The summed E-state index contributed by atoms with van der Waals surface area (Å²) < 4.78 is 1.67. The van der Waals surface area contributed by atoms with Crippen molar-refractivity contribution in [3.05, 3.63) is 66.0 Å². The largest absolute Gasteiger partial charge is 0.365 e. The Labute approximate surface area is 123 Å². The lowest BCUT2D eigenvalue weighted by Gasteiger charge is -2.09. The number of hydrogen-bond acceptors (Lipinski definition) is 2. The lowest BCUT2D eigenvalue weighted by molar-refractivity contribution is -0.706. The van der Waals surface area contributed by atoms with Crippen LogP contribution in [0.3, 0.4) is 0 Å². The van der Waals surface area contributed by atoms with E-state index in [4.69, 9.17) is 5.73 Å². The van der Waals surface area contributed by atoms with Gasteiger partial charge in [-0.05, 0) is 11.6 Å². The molecule has 5 nitrogen and oxygen atoms in total. The summed E-state index contributed by atoms with van der Waals surface area (Å²) >= 11 is 0. The molecule has 2 rings (SSSR count). The summed E-state index contributed by atoms with van der Waals surface area (Å²) in [4.78, 5) is 23.3. The van der Waals surface area contributed by atoms with Gasteiger partial charge < -0.3 is 11.1 Å². The van der Waals surface area contributed by atoms with E-state index in [1.807, 2.05) is 30.3 Å². The molecule has 0 unspecified atom stereocenters. The highest BCUT2D eigenvalue weighted by Crippen LogP contribution is 2.01. The second kappa shape index (κ2) is 6.65. The van der Waals surface area contributed by atoms with Gasteiger partial charge in [0.25, 0.3) is 11.8 Å². The standard InChI is InChI=1S/C16H17N3O2/c1-12(19-9-5-8-14(11-19)15(17)20)16(21)18-10-13-6-3-2-4-7-13/h2-9,11-12H,10H2,1H3,(H2-,17,18,20,21)/p+1/t12-/m1/s1. The summed E-state index contributed by atoms with van der Waals surface area (Å²) in [5, 5.41) is 2.87. The summed E-state index contributed by atoms with van der Waals surface area (Å²) in [6.07, 6.45) is 3.31. The van der Waals surface area contributed by atoms with E-state index in [1.54, 1.807) is 36.0 Å². The van der Waals surface area contributed by atoms with E-state index in [9.17, 15) is 9.59 Å². The van der Waals surface area contributed by atoms with E-state index in [0.717, 1.165) is 5.56 Å². The van der Waals surface area contributed by atoms with Gasteiger partial charge in [0.05, 0.1) is 0 Å². The number of nitrogens with one attached hydrogen (secondary N) is 1. The molecule has 0 aliphatic rings. The van der Waals surface area contributed by atoms with E-state index in [1.165, 1.54) is 0 Å². The second-order valence-corrected chi connectivity index (χ2v) is 4.78. The zero-order valence-electron chi connectivity index (χ0n) is 11.8. The third-order valence-corrected chi connectivity index (χ3v) is 3.24. The highest BCUT2D eigenvalue weighted by molar-refractivity contribution is 5.92. The van der Waals surface area contributed by atoms with Crippen molar-refractivity contribution < 1.29 is 14.2 Å². The lowest BCUT2D eigenvalue weighted by atomic mass is 10.2. The summed E-state index contributed by atoms with van der Waals surface area (Å²) in [6.45, 7) is 2.24. The first kappa shape index (κ1) is 14.7. The molecule has 1 atom stereocenters. The number of rotatable bonds is 5. The van der Waals surface area contributed by atoms with Crippen LogP contribution in [0.2, 0.25) is 0 Å². The van der Waals surface area contributed by atoms with Crippen molar-refractivity contribution in [1.82, 2.24) is 5.32 Å². The molecule has 2 amide bonds. The van der Waals surface area contributed by atoms with Crippen molar-refractivity contribution in [2.75, 3.05) is 0 Å². The number of primary amides is 1. The van der Waals surface area contributed by atoms with Crippen LogP contribution in [0.25, 0.3) is 0 Å². The molecular weight excluding hydrogens is 266 g/mol. The highest BCUT2D eigenvalue weighted by Gasteiger charge is 2.22. The van der Waals surface area contributed by atoms with E-state index in [0.29, 0.717) is 12.1 Å². The summed E-state index contributed by atoms with van der Waals surface area (Å²) in [7, 11) is 0. The molecule has 2 aromatic rings. The van der Waals surface area contributed by atoms with Gasteiger partial charge in [0.1, 0.15) is 5.56 Å². The maximum Gasteiger partial charge on any atom is 0.289 e. The number of nitrogens with two attached hydrogens (primary N) is 1. The van der Waals surface area contributed by atoms with Crippen molar-refractivity contribution in [2.45, 2.75) is 19.5 Å². The molecule has 5 heteroatoms. The van der Waals surface area contributed by atoms with Crippen molar-refractivity contribution in [2.24, 2.45) is 5.73 Å². The molecular formula is C16H18N3O2+. The first-order chi connectivity index (χ1) is 10.1. The van der Waals surface area contributed by atoms with Crippen LogP contribution in [0.4, 0.5) is 0 Å². The van der Waals surface area contributed by atoms with Crippen LogP contribution in [-0.4, -0.2) is 11.8 Å². The number of carbonyl (C=O) groups excluding carboxylic acids is 2. The topological polar surface area (TPSA) is 76.1 Å². The van der Waals surface area contributed by atoms with E-state index in [2.05, 4.69) is 5.32 Å². The number of nitrogens with zero attached hydrogens (tertiary/aromatic N) is 1. The van der Waals surface area contributed by atoms with Gasteiger partial charge in [-0.2, -0.15) is 4.57 Å². The number of aromatic nitrogens is 1. The quantitative estimate of drug-likeness (QED) is 0.802. The van der Waals surface area contributed by atoms with Gasteiger partial charge in [-0.1, -0.05) is 30.3 Å². The van der Waals surface area contributed by atoms with Gasteiger partial charge in [0.15, 0.2) is 12.4 Å². The van der Waals surface area contributed by atoms with Gasteiger partial charge in [-0.15, -0.1) is 0 Å². The van der Waals surface area contributed by atoms with Crippen molar-refractivity contribution in [1.29, 1.82) is 0 Å². The fourth-order valence-corrected chi connectivity index (χ4v) is 1.95. The molecule has 0 saturated heterocycles. The van der Waals surface area contributed by atoms with Crippen LogP contribution in [-0.2, 0) is 11.3 Å². The number of carbonyl (C=O) groups is 2. The molecule has 0 fully saturated rings. The zero-order valence-corrected chi connectivity index (χ0v) is 11.8. The minimum Gasteiger partial charge on any atom is -0.365 e. The fraction of sp³-hybridized carbons (Fsp3) is 0.188. The van der Waals surface area contributed by atoms with Gasteiger partial charge in [-0.3, -0.25) is 9.59 Å². The smallest absolute Gasteiger partial charge is 0.289 e. The highest BCUT2D eigenvalue weighted by atomic mass is 16.2. The Bertz CT molecular complexity index is 641. The monoisotopic (exact) mass is 284 g/mol. The first-order valence-corrected chi connectivity index (χ1v) is 6.70. The number of hydrogen-bond donors (Lipinski definition) is 2. The first-order valence-electron chi connectivity index (χ1n) is 6.70. The van der Waals surface area contributed by atoms with Crippen LogP contribution in [0.5, 0.6) is 0 Å². The summed E-state index contributed by atoms with van der Waals surface area (Å²) in [5.41, 5.74) is 6.65. The predicted octanol–water partition coefficient (Wildman–Crippen LogP) is 0.950. The van der Waals surface area contributed by atoms with Gasteiger partial charge in [-0.25, -0.2) is 0 Å². The fourth-order valence-electron chi connectivity index (χ4n) is 1.95. The predicted molar refractivity (Wildman–Crippen MR) is 78.2 cm³/mol. The van der Waals surface area contributed by atoms with Gasteiger partial charge >= 0.3 is 0 Å². The molecule has 0 bridgehead atoms. The van der Waals surface area contributed by atoms with Crippen molar-refractivity contribution >= 4 is 11.8 Å². The zero-order chi connectivity index (χ0) is 15.2. The molecule has 0 saturated carbocycles. The van der Waals surface area contributed by atoms with E-state index in [-0.39, 0.29) is 5.91 Å². The second-order valence-electron chi connectivity index (χ2n) is 4.78. The maximum absolute atomic E-state index is 12.1. The molecule has 3 N–H and O–H groups in total. The number of benzene rings is 1. The van der Waals surface area contributed by atoms with E-state index < -0.39 is 11.9 Å². The molecule has 0 spiro atoms. The SMILES string of the molecule is C[C@H](C(=O)NCc1ccccc1)[n+]1cccc(C(N)=O)c1. The van der Waals surface area contributed by atoms with Crippen molar-refractivity contribution in [3.63, 3.8) is 0 Å². The Balaban J connectivity index is 2.02. The van der Waals surface area contributed by atoms with E-state index >= 15 is 0 Å². The molecule has 21 heavy (non-hydrogen) atoms. The lowest BCUT2D eigenvalue weighted by Crippen LogP contribution is -2.46. The average molecular weight is 284 g/mol. The average Bonchev–Trinajstić information content (AvgIpc) is 2.53. The minimum absolute atomic E-state index is 0.120. The van der Waals surface area contributed by atoms with Crippen molar-refractivity contribution in [3.8, 4) is 0 Å². The Hall–Kier alpha value is -2.69. The molecule has 1 aromatic carbocycles. The Morgan fingerprint density at radius 2 is 1.90 bits per heavy atom. The molecule has 0 radical (unpaired) electrons. The van der Waals surface area contributed by atoms with Crippen LogP contribution in [0, 0.1) is 0 Å². The Morgan fingerprint density at radius 3 is 2.57 bits per heavy atom. The Morgan fingerprint density at radius 1 is 1.19 bits per heavy atom. The third-order valence-electron chi connectivity index (χ3n) is 3.24. The van der Waals surface area contributed by atoms with Gasteiger partial charge in [0, 0.05) is 19.5 Å².